The van der Waals surface area contributed by atoms with E-state index in [1.165, 1.54) is 11.1 Å². The number of nitrogens with two attached hydrogens (primary N) is 1. The summed E-state index contributed by atoms with van der Waals surface area (Å²) in [6.07, 6.45) is 1.58. The average Bonchev–Trinajstić information content (AvgIpc) is 3.13. The van der Waals surface area contributed by atoms with Crippen LogP contribution in [0, 0.1) is 0 Å². The monoisotopic (exact) mass is 764 g/mol. The number of ketones is 1. The molecule has 5 aromatic rings. The smallest absolute Gasteiger partial charge is 0.345 e. The first kappa shape index (κ1) is 43.7. The van der Waals surface area contributed by atoms with Gasteiger partial charge in [0, 0.05) is 22.1 Å². The van der Waals surface area contributed by atoms with Gasteiger partial charge in [-0.25, -0.2) is 9.59 Å². The zero-order valence-corrected chi connectivity index (χ0v) is 31.3. The van der Waals surface area contributed by atoms with Crippen molar-refractivity contribution in [2.75, 3.05) is 10.2 Å². The number of fused-ring (bicyclic) bond motifs is 4. The third-order valence-corrected chi connectivity index (χ3v) is 6.77. The number of alkyl halides is 1. The van der Waals surface area contributed by atoms with Crippen molar-refractivity contribution in [3.63, 3.8) is 0 Å². The fourth-order valence-electron chi connectivity index (χ4n) is 5.23. The summed E-state index contributed by atoms with van der Waals surface area (Å²) in [5.41, 5.74) is 13.7. The Morgan fingerprint density at radius 2 is 1.17 bits per heavy atom. The highest BCUT2D eigenvalue weighted by atomic mass is 127. The standard InChI is InChI=1S/C15H12N2O2.C15H10N2O.4C2H6.CH3I.CH4/c16-15(19)17-12-7-3-5-10-8-9-4-1-2-6-11(9)14(18)13(10)12;18-15-16-12-7-3-5-10-8-9-4-1-2-6-11(9)14(17-15)13(10)12;5*1-2;/h1-7H,8H2,(H3,16,17,19);1-7H,8H2,(H,16,17,18);4*1-2H3;1H3;1H4. The fourth-order valence-corrected chi connectivity index (χ4v) is 5.23. The van der Waals surface area contributed by atoms with E-state index in [0.29, 0.717) is 23.2 Å². The number of H-pyrrole nitrogens is 1. The molecular weight excluding hydrogens is 711 g/mol. The third kappa shape index (κ3) is 10.3. The number of halogens is 1. The molecule has 258 valence electrons. The second kappa shape index (κ2) is 23.1. The molecule has 1 heterocycles. The van der Waals surface area contributed by atoms with Gasteiger partial charge in [0.2, 0.25) is 0 Å². The van der Waals surface area contributed by atoms with Gasteiger partial charge in [0.15, 0.2) is 5.78 Å². The van der Waals surface area contributed by atoms with E-state index in [9.17, 15) is 14.4 Å². The van der Waals surface area contributed by atoms with Crippen LogP contribution in [0.2, 0.25) is 0 Å². The summed E-state index contributed by atoms with van der Waals surface area (Å²) in [5, 5.41) is 3.59. The van der Waals surface area contributed by atoms with Crippen molar-refractivity contribution in [1.29, 1.82) is 0 Å². The molecule has 4 aromatic carbocycles. The molecule has 0 atom stereocenters. The number of amides is 2. The number of aromatic nitrogens is 2. The van der Waals surface area contributed by atoms with Crippen molar-refractivity contribution in [3.8, 4) is 11.3 Å². The molecule has 0 saturated heterocycles. The highest BCUT2D eigenvalue weighted by Gasteiger charge is 2.25. The van der Waals surface area contributed by atoms with Gasteiger partial charge in [-0.15, -0.1) is 0 Å². The SMILES string of the molecule is C.CC.CC.CC.CC.CI.NC(=O)Nc1cccc2c1C(=O)c1ccccc1C2.O=c1nc2c3c(cccc3[nH]1)Cc1ccccc1-2. The lowest BCUT2D eigenvalue weighted by atomic mass is 9.84. The third-order valence-electron chi connectivity index (χ3n) is 6.77. The van der Waals surface area contributed by atoms with Crippen LogP contribution in [0.1, 0.15) is 101 Å². The highest BCUT2D eigenvalue weighted by Crippen LogP contribution is 2.36. The van der Waals surface area contributed by atoms with E-state index in [0.717, 1.165) is 39.7 Å². The predicted octanol–water partition coefficient (Wildman–Crippen LogP) is 10.6. The van der Waals surface area contributed by atoms with Gasteiger partial charge in [-0.3, -0.25) is 4.79 Å². The number of carbonyl (C=O) groups is 2. The maximum absolute atomic E-state index is 12.5. The van der Waals surface area contributed by atoms with Crippen molar-refractivity contribution in [1.82, 2.24) is 9.97 Å². The summed E-state index contributed by atoms with van der Waals surface area (Å²) in [6, 6.07) is 26.4. The lowest BCUT2D eigenvalue weighted by Gasteiger charge is -2.20. The van der Waals surface area contributed by atoms with E-state index in [2.05, 4.69) is 50.0 Å². The van der Waals surface area contributed by atoms with Gasteiger partial charge in [-0.2, -0.15) is 4.98 Å². The number of anilines is 1. The number of carbonyl (C=O) groups excluding carboxylic acids is 2. The quantitative estimate of drug-likeness (QED) is 0.114. The molecule has 0 aliphatic heterocycles. The Hall–Kier alpha value is -4.31. The molecule has 0 bridgehead atoms. The summed E-state index contributed by atoms with van der Waals surface area (Å²) in [7, 11) is 0. The fraction of sp³-hybridized carbons (Fsp3) is 0.300. The van der Waals surface area contributed by atoms with Gasteiger partial charge in [0.25, 0.3) is 0 Å². The molecule has 8 heteroatoms. The Balaban J connectivity index is 0.000000720. The van der Waals surface area contributed by atoms with Crippen molar-refractivity contribution in [3.05, 3.63) is 129 Å². The molecular formula is C40H53IN4O3. The van der Waals surface area contributed by atoms with Crippen LogP contribution in [-0.2, 0) is 12.8 Å². The molecule has 48 heavy (non-hydrogen) atoms. The number of nitrogens with one attached hydrogen (secondary N) is 2. The van der Waals surface area contributed by atoms with Crippen molar-refractivity contribution >= 4 is 51.0 Å². The number of hydrogen-bond acceptors (Lipinski definition) is 4. The summed E-state index contributed by atoms with van der Waals surface area (Å²) in [5.74, 6) is -0.0683. The van der Waals surface area contributed by atoms with E-state index >= 15 is 0 Å². The number of nitrogens with zero attached hydrogens (tertiary/aromatic N) is 1. The molecule has 0 radical (unpaired) electrons. The molecule has 0 unspecified atom stereocenters. The largest absolute Gasteiger partial charge is 0.351 e. The summed E-state index contributed by atoms with van der Waals surface area (Å²) >= 11 is 2.15. The second-order valence-electron chi connectivity index (χ2n) is 9.06. The minimum atomic E-state index is -0.667. The Kier molecular flexibility index (Phi) is 21.0. The molecule has 2 amide bonds. The lowest BCUT2D eigenvalue weighted by Crippen LogP contribution is -2.23. The van der Waals surface area contributed by atoms with Crippen molar-refractivity contribution in [2.45, 2.75) is 75.7 Å². The summed E-state index contributed by atoms with van der Waals surface area (Å²) < 4.78 is 0. The lowest BCUT2D eigenvalue weighted by molar-refractivity contribution is 0.103. The summed E-state index contributed by atoms with van der Waals surface area (Å²) in [6.45, 7) is 16.0. The van der Waals surface area contributed by atoms with Crippen LogP contribution < -0.4 is 16.7 Å². The van der Waals surface area contributed by atoms with E-state index in [4.69, 9.17) is 5.73 Å². The second-order valence-corrected chi connectivity index (χ2v) is 9.06. The average molecular weight is 765 g/mol. The van der Waals surface area contributed by atoms with Crippen LogP contribution in [-0.4, -0.2) is 26.7 Å². The first-order chi connectivity index (χ1) is 23.0. The highest BCUT2D eigenvalue weighted by molar-refractivity contribution is 14.1. The van der Waals surface area contributed by atoms with E-state index in [1.54, 1.807) is 6.07 Å². The van der Waals surface area contributed by atoms with Crippen LogP contribution in [0.15, 0.2) is 89.7 Å². The van der Waals surface area contributed by atoms with E-state index in [-0.39, 0.29) is 18.9 Å². The maximum Gasteiger partial charge on any atom is 0.345 e. The normalized spacial score (nSPS) is 10.2. The molecule has 2 aliphatic carbocycles. The number of rotatable bonds is 1. The first-order valence-electron chi connectivity index (χ1n) is 16.3. The minimum absolute atomic E-state index is 0. The molecule has 0 saturated carbocycles. The van der Waals surface area contributed by atoms with Crippen LogP contribution >= 0.6 is 22.6 Å². The van der Waals surface area contributed by atoms with Gasteiger partial charge >= 0.3 is 11.7 Å². The van der Waals surface area contributed by atoms with Gasteiger partial charge in [-0.1, -0.05) is 158 Å². The van der Waals surface area contributed by atoms with E-state index in [1.807, 2.05) is 127 Å². The minimum Gasteiger partial charge on any atom is -0.351 e. The van der Waals surface area contributed by atoms with E-state index < -0.39 is 6.03 Å². The number of hydrogen-bond donors (Lipinski definition) is 3. The van der Waals surface area contributed by atoms with Gasteiger partial charge in [-0.05, 0) is 52.2 Å². The number of aromatic amines is 1. The maximum atomic E-state index is 12.5. The molecule has 7 rings (SSSR count). The van der Waals surface area contributed by atoms with Gasteiger partial charge in [0.1, 0.15) is 0 Å². The number of urea groups is 1. The Morgan fingerprint density at radius 3 is 1.77 bits per heavy atom. The zero-order chi connectivity index (χ0) is 35.5. The molecule has 0 spiro atoms. The molecule has 2 aliphatic rings. The Bertz CT molecular complexity index is 1800. The van der Waals surface area contributed by atoms with Gasteiger partial charge < -0.3 is 16.0 Å². The topological polar surface area (TPSA) is 118 Å². The molecule has 4 N–H and O–H groups in total. The van der Waals surface area contributed by atoms with Crippen LogP contribution in [0.25, 0.3) is 22.2 Å². The van der Waals surface area contributed by atoms with Crippen LogP contribution in [0.3, 0.4) is 0 Å². The Morgan fingerprint density at radius 1 is 0.688 bits per heavy atom. The summed E-state index contributed by atoms with van der Waals surface area (Å²) in [4.78, 5) is 44.1. The number of primary amides is 1. The van der Waals surface area contributed by atoms with Crippen LogP contribution in [0.5, 0.6) is 0 Å². The molecule has 0 fully saturated rings. The van der Waals surface area contributed by atoms with Gasteiger partial charge in [0.05, 0.1) is 16.9 Å². The Labute approximate surface area is 300 Å². The first-order valence-corrected chi connectivity index (χ1v) is 18.4. The predicted molar refractivity (Wildman–Crippen MR) is 215 cm³/mol. The molecule has 7 nitrogen and oxygen atoms in total. The van der Waals surface area contributed by atoms with Crippen molar-refractivity contribution in [2.24, 2.45) is 5.73 Å². The zero-order valence-electron chi connectivity index (χ0n) is 29.1. The van der Waals surface area contributed by atoms with Crippen molar-refractivity contribution < 1.29 is 9.59 Å². The molecule has 1 aromatic heterocycles. The van der Waals surface area contributed by atoms with Crippen LogP contribution in [0.4, 0.5) is 10.5 Å². The number of benzene rings is 4.